The third-order valence-corrected chi connectivity index (χ3v) is 7.38. The fraction of sp³-hybridized carbons (Fsp3) is 0.320. The van der Waals surface area contributed by atoms with Crippen molar-refractivity contribution in [3.05, 3.63) is 85.6 Å². The van der Waals surface area contributed by atoms with Gasteiger partial charge in [-0.2, -0.15) is 0 Å². The number of nitrogens with zero attached hydrogens (tertiary/aromatic N) is 1. The van der Waals surface area contributed by atoms with E-state index < -0.39 is 0 Å². The number of hydrogen-bond donors (Lipinski definition) is 1. The van der Waals surface area contributed by atoms with Gasteiger partial charge in [-0.3, -0.25) is 9.69 Å². The minimum absolute atomic E-state index is 0.0332. The number of halogens is 1. The Bertz CT molecular complexity index is 1060. The molecule has 156 valence electrons. The van der Waals surface area contributed by atoms with Crippen molar-refractivity contribution in [2.45, 2.75) is 39.7 Å². The van der Waals surface area contributed by atoms with Crippen molar-refractivity contribution in [2.75, 3.05) is 18.4 Å². The van der Waals surface area contributed by atoms with Gasteiger partial charge in [0, 0.05) is 16.3 Å². The number of rotatable bonds is 5. The summed E-state index contributed by atoms with van der Waals surface area (Å²) in [7, 11) is 0. The van der Waals surface area contributed by atoms with Gasteiger partial charge in [0.15, 0.2) is 0 Å². The molecule has 1 aromatic heterocycles. The molecule has 5 heteroatoms. The molecule has 30 heavy (non-hydrogen) atoms. The molecule has 0 saturated heterocycles. The maximum atomic E-state index is 12.9. The number of aryl methyl sites for hydroxylation is 2. The van der Waals surface area contributed by atoms with Crippen LogP contribution in [0.25, 0.3) is 0 Å². The van der Waals surface area contributed by atoms with E-state index in [1.165, 1.54) is 26.4 Å². The first kappa shape index (κ1) is 21.1. The number of carbonyl (C=O) groups excluding carboxylic acids is 1. The van der Waals surface area contributed by atoms with Gasteiger partial charge in [0.25, 0.3) is 0 Å². The standard InChI is InChI=1S/C25H27ClN2OS/c1-4-19-17(3)30-25-20(19)12-13-28(24(25)18-8-6-5-7-9-18)15-23(29)27-22-11-10-16(2)14-21(22)26/h5-11,14,24H,4,12-13,15H2,1-3H3,(H,27,29). The predicted molar refractivity (Wildman–Crippen MR) is 127 cm³/mol. The van der Waals surface area contributed by atoms with Gasteiger partial charge in [-0.1, -0.05) is 54.9 Å². The van der Waals surface area contributed by atoms with Crippen LogP contribution in [-0.4, -0.2) is 23.9 Å². The largest absolute Gasteiger partial charge is 0.324 e. The van der Waals surface area contributed by atoms with Crippen molar-refractivity contribution in [3.8, 4) is 0 Å². The van der Waals surface area contributed by atoms with Crippen LogP contribution in [0.2, 0.25) is 5.02 Å². The summed E-state index contributed by atoms with van der Waals surface area (Å²) in [6, 6.07) is 16.3. The maximum Gasteiger partial charge on any atom is 0.238 e. The van der Waals surface area contributed by atoms with E-state index in [2.05, 4.69) is 48.3 Å². The summed E-state index contributed by atoms with van der Waals surface area (Å²) in [5, 5.41) is 3.57. The van der Waals surface area contributed by atoms with E-state index in [-0.39, 0.29) is 11.9 Å². The highest BCUT2D eigenvalue weighted by Crippen LogP contribution is 2.42. The Morgan fingerprint density at radius 1 is 1.20 bits per heavy atom. The lowest BCUT2D eigenvalue weighted by Gasteiger charge is -2.36. The van der Waals surface area contributed by atoms with Crippen LogP contribution in [0.3, 0.4) is 0 Å². The van der Waals surface area contributed by atoms with Crippen LogP contribution in [0, 0.1) is 13.8 Å². The van der Waals surface area contributed by atoms with E-state index in [4.69, 9.17) is 11.6 Å². The average molecular weight is 439 g/mol. The lowest BCUT2D eigenvalue weighted by atomic mass is 9.91. The summed E-state index contributed by atoms with van der Waals surface area (Å²) in [6.45, 7) is 7.64. The Balaban J connectivity index is 1.62. The van der Waals surface area contributed by atoms with Crippen LogP contribution in [0.5, 0.6) is 0 Å². The smallest absolute Gasteiger partial charge is 0.238 e. The SMILES string of the molecule is CCc1c(C)sc2c1CCN(CC(=O)Nc1ccc(C)cc1Cl)C2c1ccccc1. The Kier molecular flexibility index (Phi) is 6.28. The molecule has 0 aliphatic carbocycles. The summed E-state index contributed by atoms with van der Waals surface area (Å²) < 4.78 is 0. The maximum absolute atomic E-state index is 12.9. The van der Waals surface area contributed by atoms with E-state index >= 15 is 0 Å². The molecule has 1 unspecified atom stereocenters. The lowest BCUT2D eigenvalue weighted by molar-refractivity contribution is -0.117. The molecule has 3 aromatic rings. The summed E-state index contributed by atoms with van der Waals surface area (Å²) >= 11 is 8.21. The van der Waals surface area contributed by atoms with Gasteiger partial charge in [0.2, 0.25) is 5.91 Å². The number of amides is 1. The second kappa shape index (κ2) is 8.93. The zero-order valence-corrected chi connectivity index (χ0v) is 19.2. The topological polar surface area (TPSA) is 32.3 Å². The molecule has 1 amide bonds. The number of anilines is 1. The Morgan fingerprint density at radius 3 is 2.67 bits per heavy atom. The monoisotopic (exact) mass is 438 g/mol. The second-order valence-electron chi connectivity index (χ2n) is 7.90. The molecular weight excluding hydrogens is 412 g/mol. The highest BCUT2D eigenvalue weighted by Gasteiger charge is 2.33. The highest BCUT2D eigenvalue weighted by molar-refractivity contribution is 7.12. The molecule has 2 heterocycles. The Hall–Kier alpha value is -2.14. The number of fused-ring (bicyclic) bond motifs is 1. The molecule has 0 bridgehead atoms. The zero-order valence-electron chi connectivity index (χ0n) is 17.7. The van der Waals surface area contributed by atoms with E-state index in [1.54, 1.807) is 0 Å². The van der Waals surface area contributed by atoms with Crippen molar-refractivity contribution in [1.82, 2.24) is 4.90 Å². The van der Waals surface area contributed by atoms with E-state index in [0.29, 0.717) is 17.3 Å². The first-order valence-corrected chi connectivity index (χ1v) is 11.6. The van der Waals surface area contributed by atoms with Gasteiger partial charge in [-0.05, 0) is 61.1 Å². The molecule has 2 aromatic carbocycles. The number of benzene rings is 2. The first-order chi connectivity index (χ1) is 14.5. The third-order valence-electron chi connectivity index (χ3n) is 5.83. The van der Waals surface area contributed by atoms with Crippen LogP contribution in [-0.2, 0) is 17.6 Å². The summed E-state index contributed by atoms with van der Waals surface area (Å²) in [4.78, 5) is 18.0. The van der Waals surface area contributed by atoms with Crippen molar-refractivity contribution >= 4 is 34.5 Å². The molecule has 1 N–H and O–H groups in total. The molecule has 4 rings (SSSR count). The van der Waals surface area contributed by atoms with Crippen molar-refractivity contribution in [3.63, 3.8) is 0 Å². The molecule has 1 atom stereocenters. The molecular formula is C25H27ClN2OS. The number of carbonyl (C=O) groups is 1. The Labute approximate surface area is 187 Å². The molecule has 0 spiro atoms. The van der Waals surface area contributed by atoms with Gasteiger partial charge in [-0.25, -0.2) is 0 Å². The van der Waals surface area contributed by atoms with Gasteiger partial charge < -0.3 is 5.32 Å². The van der Waals surface area contributed by atoms with Crippen LogP contribution < -0.4 is 5.32 Å². The lowest BCUT2D eigenvalue weighted by Crippen LogP contribution is -2.40. The predicted octanol–water partition coefficient (Wildman–Crippen LogP) is 6.17. The quantitative estimate of drug-likeness (QED) is 0.516. The molecule has 0 saturated carbocycles. The Morgan fingerprint density at radius 2 is 1.97 bits per heavy atom. The molecule has 0 fully saturated rings. The van der Waals surface area contributed by atoms with Gasteiger partial charge >= 0.3 is 0 Å². The number of thiophene rings is 1. The zero-order chi connectivity index (χ0) is 21.3. The minimum atomic E-state index is -0.0332. The number of hydrogen-bond acceptors (Lipinski definition) is 3. The average Bonchev–Trinajstić information content (AvgIpc) is 3.05. The molecule has 1 aliphatic heterocycles. The summed E-state index contributed by atoms with van der Waals surface area (Å²) in [6.07, 6.45) is 2.05. The molecule has 0 radical (unpaired) electrons. The molecule has 3 nitrogen and oxygen atoms in total. The van der Waals surface area contributed by atoms with Gasteiger partial charge in [0.05, 0.1) is 23.3 Å². The molecule has 1 aliphatic rings. The van der Waals surface area contributed by atoms with Crippen LogP contribution in [0.1, 0.15) is 45.0 Å². The minimum Gasteiger partial charge on any atom is -0.324 e. The van der Waals surface area contributed by atoms with Gasteiger partial charge in [-0.15, -0.1) is 11.3 Å². The fourth-order valence-electron chi connectivity index (χ4n) is 4.42. The third kappa shape index (κ3) is 4.18. The first-order valence-electron chi connectivity index (χ1n) is 10.4. The number of nitrogens with one attached hydrogen (secondary N) is 1. The van der Waals surface area contributed by atoms with Crippen LogP contribution in [0.4, 0.5) is 5.69 Å². The van der Waals surface area contributed by atoms with Crippen LogP contribution in [0.15, 0.2) is 48.5 Å². The van der Waals surface area contributed by atoms with E-state index in [9.17, 15) is 4.79 Å². The summed E-state index contributed by atoms with van der Waals surface area (Å²) in [5.41, 5.74) is 5.97. The van der Waals surface area contributed by atoms with Crippen molar-refractivity contribution in [2.24, 2.45) is 0 Å². The normalized spacial score (nSPS) is 16.3. The van der Waals surface area contributed by atoms with Gasteiger partial charge in [0.1, 0.15) is 0 Å². The highest BCUT2D eigenvalue weighted by atomic mass is 35.5. The van der Waals surface area contributed by atoms with E-state index in [0.717, 1.165) is 24.9 Å². The fourth-order valence-corrected chi connectivity index (χ4v) is 6.17. The van der Waals surface area contributed by atoms with Crippen molar-refractivity contribution < 1.29 is 4.79 Å². The second-order valence-corrected chi connectivity index (χ2v) is 9.56. The van der Waals surface area contributed by atoms with Crippen LogP contribution >= 0.6 is 22.9 Å². The van der Waals surface area contributed by atoms with Crippen molar-refractivity contribution in [1.29, 1.82) is 0 Å². The summed E-state index contributed by atoms with van der Waals surface area (Å²) in [5.74, 6) is -0.0332. The van der Waals surface area contributed by atoms with E-state index in [1.807, 2.05) is 42.5 Å².